The first-order chi connectivity index (χ1) is 9.29. The van der Waals surface area contributed by atoms with Gasteiger partial charge in [-0.3, -0.25) is 4.79 Å². The maximum absolute atomic E-state index is 11.6. The average Bonchev–Trinajstić information content (AvgIpc) is 2.47. The fourth-order valence-corrected chi connectivity index (χ4v) is 2.38. The van der Waals surface area contributed by atoms with Crippen molar-refractivity contribution in [3.8, 4) is 0 Å². The number of hydrogen-bond acceptors (Lipinski definition) is 4. The molecule has 0 atom stereocenters. The molecular formula is C14H20N2O2S. The van der Waals surface area contributed by atoms with Gasteiger partial charge in [0.15, 0.2) is 0 Å². The van der Waals surface area contributed by atoms with Crippen LogP contribution in [0.5, 0.6) is 0 Å². The van der Waals surface area contributed by atoms with E-state index in [-0.39, 0.29) is 5.91 Å². The van der Waals surface area contributed by atoms with E-state index in [0.29, 0.717) is 6.42 Å². The minimum absolute atomic E-state index is 0.0773. The van der Waals surface area contributed by atoms with Crippen molar-refractivity contribution in [3.63, 3.8) is 0 Å². The van der Waals surface area contributed by atoms with Crippen molar-refractivity contribution in [2.75, 3.05) is 48.5 Å². The van der Waals surface area contributed by atoms with Crippen LogP contribution >= 0.6 is 11.8 Å². The summed E-state index contributed by atoms with van der Waals surface area (Å²) >= 11 is 1.68. The summed E-state index contributed by atoms with van der Waals surface area (Å²) in [4.78, 5) is 13.9. The lowest BCUT2D eigenvalue weighted by molar-refractivity contribution is -0.115. The summed E-state index contributed by atoms with van der Waals surface area (Å²) in [7, 11) is 0. The number of ether oxygens (including phenoxy) is 1. The molecule has 1 amide bonds. The molecule has 19 heavy (non-hydrogen) atoms. The molecule has 0 bridgehead atoms. The molecule has 0 radical (unpaired) electrons. The number of rotatable bonds is 5. The van der Waals surface area contributed by atoms with Gasteiger partial charge in [0.1, 0.15) is 0 Å². The lowest BCUT2D eigenvalue weighted by Gasteiger charge is -2.28. The molecule has 0 unspecified atom stereocenters. The first-order valence-electron chi connectivity index (χ1n) is 6.51. The number of carbonyl (C=O) groups excluding carboxylic acids is 1. The Hall–Kier alpha value is -1.20. The van der Waals surface area contributed by atoms with E-state index in [0.717, 1.165) is 37.7 Å². The molecule has 0 aromatic heterocycles. The van der Waals surface area contributed by atoms with Gasteiger partial charge in [-0.1, -0.05) is 0 Å². The zero-order chi connectivity index (χ0) is 13.5. The summed E-state index contributed by atoms with van der Waals surface area (Å²) in [5, 5.41) is 2.91. The Bertz CT molecular complexity index is 402. The molecule has 0 saturated carbocycles. The Kier molecular flexibility index (Phi) is 5.54. The van der Waals surface area contributed by atoms with Gasteiger partial charge >= 0.3 is 0 Å². The molecule has 0 aliphatic carbocycles. The van der Waals surface area contributed by atoms with E-state index in [2.05, 4.69) is 22.3 Å². The normalized spacial score (nSPS) is 15.3. The van der Waals surface area contributed by atoms with Gasteiger partial charge in [0, 0.05) is 36.6 Å². The van der Waals surface area contributed by atoms with Crippen LogP contribution in [0.25, 0.3) is 0 Å². The van der Waals surface area contributed by atoms with Crippen molar-refractivity contribution in [1.82, 2.24) is 0 Å². The Labute approximate surface area is 118 Å². The molecule has 1 aliphatic rings. The van der Waals surface area contributed by atoms with Crippen LogP contribution in [0.2, 0.25) is 0 Å². The third-order valence-electron chi connectivity index (χ3n) is 3.06. The van der Waals surface area contributed by atoms with E-state index >= 15 is 0 Å². The summed E-state index contributed by atoms with van der Waals surface area (Å²) in [5.74, 6) is 0.936. The van der Waals surface area contributed by atoms with Crippen molar-refractivity contribution in [3.05, 3.63) is 24.3 Å². The minimum Gasteiger partial charge on any atom is -0.378 e. The van der Waals surface area contributed by atoms with Gasteiger partial charge in [0.2, 0.25) is 5.91 Å². The summed E-state index contributed by atoms with van der Waals surface area (Å²) < 4.78 is 5.33. The Morgan fingerprint density at radius 3 is 2.63 bits per heavy atom. The maximum atomic E-state index is 11.6. The van der Waals surface area contributed by atoms with Crippen LogP contribution in [-0.4, -0.2) is 44.2 Å². The van der Waals surface area contributed by atoms with E-state index in [1.165, 1.54) is 5.69 Å². The van der Waals surface area contributed by atoms with Crippen LogP contribution in [0, 0.1) is 0 Å². The van der Waals surface area contributed by atoms with E-state index in [9.17, 15) is 4.79 Å². The molecule has 1 N–H and O–H groups in total. The molecule has 5 heteroatoms. The lowest BCUT2D eigenvalue weighted by atomic mass is 10.2. The maximum Gasteiger partial charge on any atom is 0.225 e. The van der Waals surface area contributed by atoms with Gasteiger partial charge < -0.3 is 15.0 Å². The molecule has 1 aromatic carbocycles. The zero-order valence-electron chi connectivity index (χ0n) is 11.2. The fourth-order valence-electron chi connectivity index (χ4n) is 2.00. The first-order valence-corrected chi connectivity index (χ1v) is 7.90. The monoisotopic (exact) mass is 280 g/mol. The van der Waals surface area contributed by atoms with Crippen molar-refractivity contribution in [2.45, 2.75) is 6.42 Å². The van der Waals surface area contributed by atoms with Crippen molar-refractivity contribution >= 4 is 29.0 Å². The summed E-state index contributed by atoms with van der Waals surface area (Å²) in [5.41, 5.74) is 2.05. The molecule has 2 rings (SSSR count). The molecule has 1 aliphatic heterocycles. The topological polar surface area (TPSA) is 41.6 Å². The van der Waals surface area contributed by atoms with Gasteiger partial charge in [-0.05, 0) is 30.5 Å². The molecule has 4 nitrogen and oxygen atoms in total. The number of benzene rings is 1. The predicted molar refractivity (Wildman–Crippen MR) is 81.1 cm³/mol. The van der Waals surface area contributed by atoms with Crippen LogP contribution in [0.15, 0.2) is 24.3 Å². The van der Waals surface area contributed by atoms with Gasteiger partial charge in [-0.2, -0.15) is 11.8 Å². The van der Waals surface area contributed by atoms with Crippen molar-refractivity contribution in [1.29, 1.82) is 0 Å². The molecular weight excluding hydrogens is 260 g/mol. The van der Waals surface area contributed by atoms with E-state index < -0.39 is 0 Å². The standard InChI is InChI=1S/C14H20N2O2S/c1-19-11-6-14(17)15-12-2-4-13(5-3-12)16-7-9-18-10-8-16/h2-5H,6-11H2,1H3,(H,15,17). The molecule has 1 aromatic rings. The predicted octanol–water partition coefficient (Wildman–Crippen LogP) is 2.21. The fraction of sp³-hybridized carbons (Fsp3) is 0.500. The molecule has 0 spiro atoms. The van der Waals surface area contributed by atoms with Gasteiger partial charge in [0.25, 0.3) is 0 Å². The second kappa shape index (κ2) is 7.40. The Balaban J connectivity index is 1.88. The third-order valence-corrected chi connectivity index (χ3v) is 3.67. The minimum atomic E-state index is 0.0773. The Morgan fingerprint density at radius 2 is 2.00 bits per heavy atom. The van der Waals surface area contributed by atoms with Crippen molar-refractivity contribution < 1.29 is 9.53 Å². The Morgan fingerprint density at radius 1 is 1.32 bits per heavy atom. The van der Waals surface area contributed by atoms with Crippen molar-refractivity contribution in [2.24, 2.45) is 0 Å². The second-order valence-corrected chi connectivity index (χ2v) is 5.42. The average molecular weight is 280 g/mol. The highest BCUT2D eigenvalue weighted by Crippen LogP contribution is 2.19. The highest BCUT2D eigenvalue weighted by Gasteiger charge is 2.11. The van der Waals surface area contributed by atoms with E-state index in [4.69, 9.17) is 4.74 Å². The van der Waals surface area contributed by atoms with Crippen LogP contribution in [0.4, 0.5) is 11.4 Å². The third kappa shape index (κ3) is 4.44. The SMILES string of the molecule is CSCCC(=O)Nc1ccc(N2CCOCC2)cc1. The summed E-state index contributed by atoms with van der Waals surface area (Å²) in [6.07, 6.45) is 2.57. The smallest absolute Gasteiger partial charge is 0.225 e. The largest absolute Gasteiger partial charge is 0.378 e. The summed E-state index contributed by atoms with van der Waals surface area (Å²) in [6, 6.07) is 8.02. The van der Waals surface area contributed by atoms with Crippen LogP contribution in [-0.2, 0) is 9.53 Å². The molecule has 1 saturated heterocycles. The second-order valence-electron chi connectivity index (χ2n) is 4.44. The number of carbonyl (C=O) groups is 1. The lowest BCUT2D eigenvalue weighted by Crippen LogP contribution is -2.36. The van der Waals surface area contributed by atoms with E-state index in [1.807, 2.05) is 18.4 Å². The first kappa shape index (κ1) is 14.2. The molecule has 1 heterocycles. The zero-order valence-corrected chi connectivity index (χ0v) is 12.0. The summed E-state index contributed by atoms with van der Waals surface area (Å²) in [6.45, 7) is 3.43. The number of nitrogens with one attached hydrogen (secondary N) is 1. The van der Waals surface area contributed by atoms with E-state index in [1.54, 1.807) is 11.8 Å². The number of thioether (sulfide) groups is 1. The number of amides is 1. The highest BCUT2D eigenvalue weighted by molar-refractivity contribution is 7.98. The van der Waals surface area contributed by atoms with Gasteiger partial charge in [-0.25, -0.2) is 0 Å². The highest BCUT2D eigenvalue weighted by atomic mass is 32.2. The number of anilines is 2. The molecule has 1 fully saturated rings. The number of morpholine rings is 1. The van der Waals surface area contributed by atoms with Crippen LogP contribution < -0.4 is 10.2 Å². The quantitative estimate of drug-likeness (QED) is 0.898. The molecule has 104 valence electrons. The van der Waals surface area contributed by atoms with Gasteiger partial charge in [0.05, 0.1) is 13.2 Å². The van der Waals surface area contributed by atoms with Crippen LogP contribution in [0.1, 0.15) is 6.42 Å². The number of nitrogens with zero attached hydrogens (tertiary/aromatic N) is 1. The van der Waals surface area contributed by atoms with Gasteiger partial charge in [-0.15, -0.1) is 0 Å². The van der Waals surface area contributed by atoms with Crippen LogP contribution in [0.3, 0.4) is 0 Å². The number of hydrogen-bond donors (Lipinski definition) is 1.